The zero-order valence-corrected chi connectivity index (χ0v) is 11.1. The number of pyridine rings is 1. The number of nitrogens with one attached hydrogen (secondary N) is 1. The van der Waals surface area contributed by atoms with Crippen molar-refractivity contribution in [1.29, 1.82) is 0 Å². The number of benzene rings is 1. The summed E-state index contributed by atoms with van der Waals surface area (Å²) in [4.78, 5) is 4.70. The molecular formula is C15H20N2. The summed E-state index contributed by atoms with van der Waals surface area (Å²) >= 11 is 0. The van der Waals surface area contributed by atoms with Crippen LogP contribution in [0.2, 0.25) is 0 Å². The fraction of sp³-hybridized carbons (Fsp3) is 0.400. The second-order valence-corrected chi connectivity index (χ2v) is 4.71. The number of hydrogen-bond acceptors (Lipinski definition) is 2. The van der Waals surface area contributed by atoms with Crippen LogP contribution >= 0.6 is 0 Å². The van der Waals surface area contributed by atoms with Crippen LogP contribution in [0.5, 0.6) is 0 Å². The first-order valence-corrected chi connectivity index (χ1v) is 6.24. The molecule has 0 aliphatic rings. The van der Waals surface area contributed by atoms with Crippen LogP contribution in [0.3, 0.4) is 0 Å². The maximum atomic E-state index is 4.70. The quantitative estimate of drug-likeness (QED) is 0.859. The predicted octanol–water partition coefficient (Wildman–Crippen LogP) is 3.98. The summed E-state index contributed by atoms with van der Waals surface area (Å²) in [5, 5.41) is 4.61. The molecule has 1 aromatic heterocycles. The van der Waals surface area contributed by atoms with E-state index >= 15 is 0 Å². The van der Waals surface area contributed by atoms with E-state index in [2.05, 4.69) is 51.2 Å². The minimum absolute atomic E-state index is 0.976. The van der Waals surface area contributed by atoms with E-state index in [0.717, 1.165) is 24.3 Å². The van der Waals surface area contributed by atoms with Gasteiger partial charge in [-0.1, -0.05) is 6.92 Å². The Kier molecular flexibility index (Phi) is 3.32. The van der Waals surface area contributed by atoms with E-state index in [4.69, 9.17) is 4.98 Å². The van der Waals surface area contributed by atoms with Crippen molar-refractivity contribution in [1.82, 2.24) is 4.98 Å². The maximum absolute atomic E-state index is 4.70. The molecule has 0 spiro atoms. The van der Waals surface area contributed by atoms with Gasteiger partial charge in [0.25, 0.3) is 0 Å². The molecule has 0 saturated carbocycles. The number of rotatable bonds is 3. The molecule has 2 rings (SSSR count). The molecular weight excluding hydrogens is 208 g/mol. The Morgan fingerprint density at radius 3 is 2.35 bits per heavy atom. The molecule has 1 N–H and O–H groups in total. The van der Waals surface area contributed by atoms with E-state index < -0.39 is 0 Å². The van der Waals surface area contributed by atoms with Crippen LogP contribution in [0.25, 0.3) is 10.9 Å². The zero-order chi connectivity index (χ0) is 12.4. The second kappa shape index (κ2) is 4.74. The average molecular weight is 228 g/mol. The predicted molar refractivity (Wildman–Crippen MR) is 74.7 cm³/mol. The van der Waals surface area contributed by atoms with Gasteiger partial charge >= 0.3 is 0 Å². The molecule has 0 aliphatic carbocycles. The fourth-order valence-electron chi connectivity index (χ4n) is 1.97. The van der Waals surface area contributed by atoms with Crippen LogP contribution < -0.4 is 5.32 Å². The number of aryl methyl sites for hydroxylation is 3. The Bertz CT molecular complexity index is 544. The van der Waals surface area contributed by atoms with Gasteiger partial charge < -0.3 is 5.32 Å². The third-order valence-electron chi connectivity index (χ3n) is 3.16. The molecule has 1 aromatic carbocycles. The number of aromatic nitrogens is 1. The van der Waals surface area contributed by atoms with Crippen molar-refractivity contribution in [3.63, 3.8) is 0 Å². The Balaban J connectivity index is 2.51. The van der Waals surface area contributed by atoms with Gasteiger partial charge in [-0.05, 0) is 62.1 Å². The fourth-order valence-corrected chi connectivity index (χ4v) is 1.97. The third kappa shape index (κ3) is 2.41. The van der Waals surface area contributed by atoms with Crippen molar-refractivity contribution >= 4 is 16.7 Å². The van der Waals surface area contributed by atoms with Gasteiger partial charge in [-0.25, -0.2) is 4.98 Å². The first-order valence-electron chi connectivity index (χ1n) is 6.24. The minimum Gasteiger partial charge on any atom is -0.370 e. The maximum Gasteiger partial charge on any atom is 0.129 e. The van der Waals surface area contributed by atoms with E-state index in [1.807, 2.05) is 0 Å². The molecule has 0 bridgehead atoms. The van der Waals surface area contributed by atoms with Crippen molar-refractivity contribution in [3.05, 3.63) is 34.9 Å². The number of fused-ring (bicyclic) bond motifs is 1. The standard InChI is InChI=1S/C15H20N2/c1-5-6-16-15-12(4)8-13-7-10(2)11(3)9-14(13)17-15/h7-9H,5-6H2,1-4H3,(H,16,17). The highest BCUT2D eigenvalue weighted by atomic mass is 15.0. The lowest BCUT2D eigenvalue weighted by Crippen LogP contribution is -2.04. The molecule has 2 aromatic rings. The highest BCUT2D eigenvalue weighted by Crippen LogP contribution is 2.22. The van der Waals surface area contributed by atoms with Crippen LogP contribution in [-0.2, 0) is 0 Å². The first-order chi connectivity index (χ1) is 8.11. The van der Waals surface area contributed by atoms with E-state index in [-0.39, 0.29) is 0 Å². The van der Waals surface area contributed by atoms with Gasteiger partial charge in [0.1, 0.15) is 5.82 Å². The van der Waals surface area contributed by atoms with Crippen molar-refractivity contribution in [2.24, 2.45) is 0 Å². The molecule has 0 aliphatic heterocycles. The second-order valence-electron chi connectivity index (χ2n) is 4.71. The third-order valence-corrected chi connectivity index (χ3v) is 3.16. The number of anilines is 1. The summed E-state index contributed by atoms with van der Waals surface area (Å²) in [6, 6.07) is 6.60. The lowest BCUT2D eigenvalue weighted by atomic mass is 10.1. The highest BCUT2D eigenvalue weighted by molar-refractivity contribution is 5.83. The molecule has 0 radical (unpaired) electrons. The van der Waals surface area contributed by atoms with Crippen LogP contribution in [0, 0.1) is 20.8 Å². The molecule has 0 amide bonds. The summed E-state index contributed by atoms with van der Waals surface area (Å²) in [5.41, 5.74) is 4.93. The van der Waals surface area contributed by atoms with E-state index in [9.17, 15) is 0 Å². The minimum atomic E-state index is 0.976. The van der Waals surface area contributed by atoms with Gasteiger partial charge in [0.2, 0.25) is 0 Å². The first kappa shape index (κ1) is 11.9. The summed E-state index contributed by atoms with van der Waals surface area (Å²) in [6.45, 7) is 9.53. The Hall–Kier alpha value is -1.57. The molecule has 0 unspecified atom stereocenters. The Labute approximate surface area is 103 Å². The zero-order valence-electron chi connectivity index (χ0n) is 11.1. The summed E-state index contributed by atoms with van der Waals surface area (Å²) in [6.07, 6.45) is 1.12. The molecule has 2 nitrogen and oxygen atoms in total. The van der Waals surface area contributed by atoms with Gasteiger partial charge in [-0.2, -0.15) is 0 Å². The van der Waals surface area contributed by atoms with Crippen molar-refractivity contribution < 1.29 is 0 Å². The van der Waals surface area contributed by atoms with Gasteiger partial charge in [0.05, 0.1) is 5.52 Å². The molecule has 90 valence electrons. The monoisotopic (exact) mass is 228 g/mol. The molecule has 0 atom stereocenters. The number of nitrogens with zero attached hydrogens (tertiary/aromatic N) is 1. The molecule has 17 heavy (non-hydrogen) atoms. The van der Waals surface area contributed by atoms with Crippen molar-refractivity contribution in [3.8, 4) is 0 Å². The summed E-state index contributed by atoms with van der Waals surface area (Å²) < 4.78 is 0. The van der Waals surface area contributed by atoms with E-state index in [1.165, 1.54) is 22.1 Å². The smallest absolute Gasteiger partial charge is 0.129 e. The lowest BCUT2D eigenvalue weighted by molar-refractivity contribution is 0.968. The van der Waals surface area contributed by atoms with Crippen molar-refractivity contribution in [2.75, 3.05) is 11.9 Å². The Morgan fingerprint density at radius 1 is 1.00 bits per heavy atom. The SMILES string of the molecule is CCCNc1nc2cc(C)c(C)cc2cc1C. The van der Waals surface area contributed by atoms with Gasteiger partial charge in [0.15, 0.2) is 0 Å². The van der Waals surface area contributed by atoms with E-state index in [0.29, 0.717) is 0 Å². The summed E-state index contributed by atoms with van der Waals surface area (Å²) in [7, 11) is 0. The molecule has 1 heterocycles. The van der Waals surface area contributed by atoms with Crippen molar-refractivity contribution in [2.45, 2.75) is 34.1 Å². The normalized spacial score (nSPS) is 10.8. The molecule has 0 saturated heterocycles. The van der Waals surface area contributed by atoms with Crippen LogP contribution in [0.1, 0.15) is 30.0 Å². The lowest BCUT2D eigenvalue weighted by Gasteiger charge is -2.10. The van der Waals surface area contributed by atoms with Gasteiger partial charge in [-0.15, -0.1) is 0 Å². The average Bonchev–Trinajstić information content (AvgIpc) is 2.29. The van der Waals surface area contributed by atoms with Gasteiger partial charge in [-0.3, -0.25) is 0 Å². The number of hydrogen-bond donors (Lipinski definition) is 1. The van der Waals surface area contributed by atoms with E-state index in [1.54, 1.807) is 0 Å². The molecule has 2 heteroatoms. The topological polar surface area (TPSA) is 24.9 Å². The Morgan fingerprint density at radius 2 is 1.65 bits per heavy atom. The summed E-state index contributed by atoms with van der Waals surface area (Å²) in [5.74, 6) is 1.02. The van der Waals surface area contributed by atoms with Crippen LogP contribution in [-0.4, -0.2) is 11.5 Å². The van der Waals surface area contributed by atoms with Gasteiger partial charge in [0, 0.05) is 11.9 Å². The van der Waals surface area contributed by atoms with Crippen LogP contribution in [0.4, 0.5) is 5.82 Å². The largest absolute Gasteiger partial charge is 0.370 e. The highest BCUT2D eigenvalue weighted by Gasteiger charge is 2.04. The molecule has 0 fully saturated rings. The van der Waals surface area contributed by atoms with Crippen LogP contribution in [0.15, 0.2) is 18.2 Å².